The summed E-state index contributed by atoms with van der Waals surface area (Å²) in [5, 5.41) is 11.0. The second kappa shape index (κ2) is 3.23. The molecule has 0 spiro atoms. The number of nitrogens with zero attached hydrogens (tertiary/aromatic N) is 3. The maximum atomic E-state index is 3.82. The molecular weight excluding hydrogens is 152 g/mol. The Morgan fingerprint density at radius 3 is 2.83 bits per heavy atom. The number of hydrogen-bond acceptors (Lipinski definition) is 3. The van der Waals surface area contributed by atoms with Crippen LogP contribution in [0, 0.1) is 5.92 Å². The van der Waals surface area contributed by atoms with Crippen LogP contribution < -0.4 is 5.32 Å². The summed E-state index contributed by atoms with van der Waals surface area (Å²) >= 11 is 0. The van der Waals surface area contributed by atoms with Gasteiger partial charge in [0.15, 0.2) is 0 Å². The first-order chi connectivity index (χ1) is 5.88. The van der Waals surface area contributed by atoms with Crippen LogP contribution in [0.5, 0.6) is 0 Å². The van der Waals surface area contributed by atoms with Crippen LogP contribution in [-0.4, -0.2) is 27.9 Å². The molecule has 4 heteroatoms. The quantitative estimate of drug-likeness (QED) is 0.658. The summed E-state index contributed by atoms with van der Waals surface area (Å²) in [5.74, 6) is 0.724. The van der Waals surface area contributed by atoms with E-state index in [0.717, 1.165) is 19.0 Å². The van der Waals surface area contributed by atoms with E-state index in [1.807, 2.05) is 0 Å². The first-order valence-corrected chi connectivity index (χ1v) is 4.43. The molecule has 0 amide bonds. The summed E-state index contributed by atoms with van der Waals surface area (Å²) in [5.41, 5.74) is 0. The maximum absolute atomic E-state index is 3.82. The Kier molecular flexibility index (Phi) is 2.08. The first kappa shape index (κ1) is 7.73. The van der Waals surface area contributed by atoms with E-state index in [4.69, 9.17) is 0 Å². The Balaban J connectivity index is 2.11. The van der Waals surface area contributed by atoms with Gasteiger partial charge in [-0.2, -0.15) is 0 Å². The van der Waals surface area contributed by atoms with Crippen molar-refractivity contribution >= 4 is 0 Å². The molecule has 2 atom stereocenters. The van der Waals surface area contributed by atoms with E-state index < -0.39 is 0 Å². The lowest BCUT2D eigenvalue weighted by molar-refractivity contribution is 0.273. The monoisotopic (exact) mass is 166 g/mol. The predicted octanol–water partition coefficient (Wildman–Crippen LogP) is 0.449. The zero-order valence-electron chi connectivity index (χ0n) is 7.27. The molecule has 1 aromatic heterocycles. The minimum atomic E-state index is 0.536. The molecule has 12 heavy (non-hydrogen) atoms. The summed E-state index contributed by atoms with van der Waals surface area (Å²) in [4.78, 5) is 0. The lowest BCUT2D eigenvalue weighted by atomic mass is 9.95. The Hall–Kier alpha value is -0.900. The van der Waals surface area contributed by atoms with Crippen molar-refractivity contribution in [2.24, 2.45) is 5.92 Å². The molecule has 66 valence electrons. The molecule has 0 saturated carbocycles. The highest BCUT2D eigenvalue weighted by molar-refractivity contribution is 4.82. The van der Waals surface area contributed by atoms with Crippen molar-refractivity contribution in [2.75, 3.05) is 13.1 Å². The number of aromatic nitrogens is 3. The number of nitrogens with one attached hydrogen (secondary N) is 1. The molecule has 0 aliphatic carbocycles. The highest BCUT2D eigenvalue weighted by atomic mass is 15.2. The summed E-state index contributed by atoms with van der Waals surface area (Å²) < 4.78 is 2.09. The third kappa shape index (κ3) is 1.34. The van der Waals surface area contributed by atoms with E-state index in [1.165, 1.54) is 6.42 Å². The van der Waals surface area contributed by atoms with Crippen molar-refractivity contribution in [3.8, 4) is 0 Å². The van der Waals surface area contributed by atoms with Crippen molar-refractivity contribution in [1.29, 1.82) is 0 Å². The van der Waals surface area contributed by atoms with Crippen LogP contribution in [0.25, 0.3) is 0 Å². The number of hydrogen-bond donors (Lipinski definition) is 1. The molecule has 2 rings (SSSR count). The van der Waals surface area contributed by atoms with E-state index in [1.54, 1.807) is 12.7 Å². The molecule has 1 aliphatic rings. The Morgan fingerprint density at radius 2 is 2.17 bits per heavy atom. The van der Waals surface area contributed by atoms with Crippen molar-refractivity contribution in [3.63, 3.8) is 0 Å². The molecule has 1 saturated heterocycles. The summed E-state index contributed by atoms with van der Waals surface area (Å²) in [7, 11) is 0. The third-order valence-electron chi connectivity index (χ3n) is 2.61. The molecule has 0 radical (unpaired) electrons. The van der Waals surface area contributed by atoms with Crippen molar-refractivity contribution in [2.45, 2.75) is 19.4 Å². The average Bonchev–Trinajstić information content (AvgIpc) is 2.57. The minimum Gasteiger partial charge on any atom is -0.316 e. The summed E-state index contributed by atoms with van der Waals surface area (Å²) in [6, 6.07) is 0.536. The normalized spacial score (nSPS) is 30.4. The van der Waals surface area contributed by atoms with Crippen LogP contribution in [0.15, 0.2) is 12.7 Å². The molecule has 1 aliphatic heterocycles. The molecule has 1 N–H and O–H groups in total. The molecule has 1 aromatic rings. The Bertz CT molecular complexity index is 231. The van der Waals surface area contributed by atoms with Gasteiger partial charge in [0.2, 0.25) is 0 Å². The zero-order chi connectivity index (χ0) is 8.39. The Labute approximate surface area is 72.0 Å². The van der Waals surface area contributed by atoms with Gasteiger partial charge in [-0.3, -0.25) is 0 Å². The SMILES string of the molecule is CC1CCNCC1n1cnnc1. The minimum absolute atomic E-state index is 0.536. The first-order valence-electron chi connectivity index (χ1n) is 4.43. The molecule has 1 fully saturated rings. The fourth-order valence-electron chi connectivity index (χ4n) is 1.75. The summed E-state index contributed by atoms with van der Waals surface area (Å²) in [6.45, 7) is 4.46. The van der Waals surface area contributed by atoms with Gasteiger partial charge in [0.1, 0.15) is 12.7 Å². The van der Waals surface area contributed by atoms with Crippen molar-refractivity contribution in [1.82, 2.24) is 20.1 Å². The average molecular weight is 166 g/mol. The third-order valence-corrected chi connectivity index (χ3v) is 2.61. The van der Waals surface area contributed by atoms with Gasteiger partial charge in [0, 0.05) is 6.54 Å². The lowest BCUT2D eigenvalue weighted by Gasteiger charge is -2.29. The van der Waals surface area contributed by atoms with Crippen LogP contribution in [-0.2, 0) is 0 Å². The van der Waals surface area contributed by atoms with E-state index in [-0.39, 0.29) is 0 Å². The zero-order valence-corrected chi connectivity index (χ0v) is 7.27. The van der Waals surface area contributed by atoms with E-state index in [0.29, 0.717) is 6.04 Å². The van der Waals surface area contributed by atoms with Crippen molar-refractivity contribution in [3.05, 3.63) is 12.7 Å². The lowest BCUT2D eigenvalue weighted by Crippen LogP contribution is -2.36. The van der Waals surface area contributed by atoms with Gasteiger partial charge in [-0.05, 0) is 18.9 Å². The second-order valence-electron chi connectivity index (χ2n) is 3.45. The Morgan fingerprint density at radius 1 is 1.42 bits per heavy atom. The predicted molar refractivity (Wildman–Crippen MR) is 45.7 cm³/mol. The summed E-state index contributed by atoms with van der Waals surface area (Å²) in [6.07, 6.45) is 4.84. The fourth-order valence-corrected chi connectivity index (χ4v) is 1.75. The second-order valence-corrected chi connectivity index (χ2v) is 3.45. The smallest absolute Gasteiger partial charge is 0.119 e. The molecular formula is C8H14N4. The van der Waals surface area contributed by atoms with Gasteiger partial charge in [-0.1, -0.05) is 6.92 Å². The van der Waals surface area contributed by atoms with Gasteiger partial charge in [-0.25, -0.2) is 0 Å². The molecule has 0 bridgehead atoms. The van der Waals surface area contributed by atoms with Crippen LogP contribution in [0.2, 0.25) is 0 Å². The van der Waals surface area contributed by atoms with Crippen LogP contribution in [0.1, 0.15) is 19.4 Å². The van der Waals surface area contributed by atoms with Gasteiger partial charge in [-0.15, -0.1) is 10.2 Å². The van der Waals surface area contributed by atoms with Crippen LogP contribution in [0.4, 0.5) is 0 Å². The topological polar surface area (TPSA) is 42.7 Å². The van der Waals surface area contributed by atoms with Gasteiger partial charge < -0.3 is 9.88 Å². The highest BCUT2D eigenvalue weighted by Gasteiger charge is 2.21. The standard InChI is InChI=1S/C8H14N4/c1-7-2-3-9-4-8(7)12-5-10-11-6-12/h5-9H,2-4H2,1H3. The van der Waals surface area contributed by atoms with Crippen LogP contribution in [0.3, 0.4) is 0 Å². The van der Waals surface area contributed by atoms with E-state index in [2.05, 4.69) is 27.0 Å². The number of piperidine rings is 1. The van der Waals surface area contributed by atoms with Gasteiger partial charge in [0.05, 0.1) is 6.04 Å². The van der Waals surface area contributed by atoms with Crippen LogP contribution >= 0.6 is 0 Å². The van der Waals surface area contributed by atoms with E-state index in [9.17, 15) is 0 Å². The molecule has 2 heterocycles. The van der Waals surface area contributed by atoms with E-state index >= 15 is 0 Å². The fraction of sp³-hybridized carbons (Fsp3) is 0.750. The van der Waals surface area contributed by atoms with Crippen molar-refractivity contribution < 1.29 is 0 Å². The largest absolute Gasteiger partial charge is 0.316 e. The van der Waals surface area contributed by atoms with Gasteiger partial charge in [0.25, 0.3) is 0 Å². The molecule has 2 unspecified atom stereocenters. The molecule has 4 nitrogen and oxygen atoms in total. The molecule has 0 aromatic carbocycles. The highest BCUT2D eigenvalue weighted by Crippen LogP contribution is 2.22. The number of rotatable bonds is 1. The maximum Gasteiger partial charge on any atom is 0.119 e. The van der Waals surface area contributed by atoms with Gasteiger partial charge >= 0.3 is 0 Å².